The van der Waals surface area contributed by atoms with Crippen LogP contribution in [0.2, 0.25) is 0 Å². The molecular weight excluding hydrogens is 164 g/mol. The van der Waals surface area contributed by atoms with E-state index in [1.165, 1.54) is 0 Å². The molecular formula is C8H9F2NO. The third kappa shape index (κ3) is 1.02. The molecule has 0 aromatic heterocycles. The standard InChI is InChI=1S/C8H9F2NO/c9-8(10)5-3-6-1-2-7(12)11(6)4-5/h6H,1-4H2/t6-/m0/s1. The Morgan fingerprint density at radius 3 is 2.83 bits per heavy atom. The number of hydrogen-bond donors (Lipinski definition) is 0. The van der Waals surface area contributed by atoms with Gasteiger partial charge in [-0.2, -0.15) is 8.78 Å². The molecule has 0 bridgehead atoms. The SMILES string of the molecule is O=C1CC[C@H]2CC(=C(F)F)CN12. The Labute approximate surface area is 68.8 Å². The summed E-state index contributed by atoms with van der Waals surface area (Å²) in [5, 5.41) is 0. The van der Waals surface area contributed by atoms with Gasteiger partial charge < -0.3 is 4.90 Å². The van der Waals surface area contributed by atoms with Crippen LogP contribution in [-0.4, -0.2) is 23.4 Å². The average Bonchev–Trinajstić information content (AvgIpc) is 2.53. The molecule has 2 aliphatic heterocycles. The lowest BCUT2D eigenvalue weighted by atomic mass is 10.1. The maximum absolute atomic E-state index is 12.1. The normalized spacial score (nSPS) is 28.2. The van der Waals surface area contributed by atoms with Crippen molar-refractivity contribution >= 4 is 5.91 Å². The highest BCUT2D eigenvalue weighted by Gasteiger charge is 2.38. The molecule has 0 saturated carbocycles. The zero-order valence-corrected chi connectivity index (χ0v) is 6.52. The van der Waals surface area contributed by atoms with Gasteiger partial charge in [0.1, 0.15) is 0 Å². The molecule has 12 heavy (non-hydrogen) atoms. The molecule has 0 aliphatic carbocycles. The van der Waals surface area contributed by atoms with Gasteiger partial charge in [0, 0.05) is 24.6 Å². The fourth-order valence-electron chi connectivity index (χ4n) is 1.91. The van der Waals surface area contributed by atoms with Crippen LogP contribution in [0.3, 0.4) is 0 Å². The number of rotatable bonds is 0. The first-order valence-electron chi connectivity index (χ1n) is 4.01. The van der Waals surface area contributed by atoms with Crippen LogP contribution in [-0.2, 0) is 4.79 Å². The Bertz CT molecular complexity index is 258. The summed E-state index contributed by atoms with van der Waals surface area (Å²) in [6, 6.07) is 0.0639. The molecule has 1 amide bonds. The number of carbonyl (C=O) groups excluding carboxylic acids is 1. The molecule has 2 fully saturated rings. The van der Waals surface area contributed by atoms with Crippen LogP contribution < -0.4 is 0 Å². The second-order valence-corrected chi connectivity index (χ2v) is 3.28. The van der Waals surface area contributed by atoms with E-state index in [4.69, 9.17) is 0 Å². The molecule has 66 valence electrons. The maximum Gasteiger partial charge on any atom is 0.271 e. The van der Waals surface area contributed by atoms with Crippen LogP contribution in [0.4, 0.5) is 8.78 Å². The highest BCUT2D eigenvalue weighted by molar-refractivity contribution is 5.79. The Morgan fingerprint density at radius 2 is 2.25 bits per heavy atom. The van der Waals surface area contributed by atoms with E-state index in [0.717, 1.165) is 6.42 Å². The van der Waals surface area contributed by atoms with Crippen molar-refractivity contribution < 1.29 is 13.6 Å². The first kappa shape index (κ1) is 7.71. The first-order chi connectivity index (χ1) is 5.68. The van der Waals surface area contributed by atoms with Crippen LogP contribution >= 0.6 is 0 Å². The second-order valence-electron chi connectivity index (χ2n) is 3.28. The minimum absolute atomic E-state index is 0.0243. The van der Waals surface area contributed by atoms with Gasteiger partial charge in [0.15, 0.2) is 0 Å². The highest BCUT2D eigenvalue weighted by Crippen LogP contribution is 2.33. The van der Waals surface area contributed by atoms with E-state index in [9.17, 15) is 13.6 Å². The van der Waals surface area contributed by atoms with E-state index in [-0.39, 0.29) is 24.1 Å². The van der Waals surface area contributed by atoms with Gasteiger partial charge in [0.25, 0.3) is 6.08 Å². The van der Waals surface area contributed by atoms with E-state index in [1.54, 1.807) is 4.90 Å². The third-order valence-electron chi connectivity index (χ3n) is 2.56. The minimum Gasteiger partial charge on any atom is -0.335 e. The largest absolute Gasteiger partial charge is 0.335 e. The van der Waals surface area contributed by atoms with Gasteiger partial charge in [-0.3, -0.25) is 4.79 Å². The number of fused-ring (bicyclic) bond motifs is 1. The van der Waals surface area contributed by atoms with E-state index < -0.39 is 6.08 Å². The van der Waals surface area contributed by atoms with Crippen molar-refractivity contribution in [1.82, 2.24) is 4.90 Å². The van der Waals surface area contributed by atoms with Crippen LogP contribution in [0, 0.1) is 0 Å². The van der Waals surface area contributed by atoms with Gasteiger partial charge >= 0.3 is 0 Å². The van der Waals surface area contributed by atoms with Gasteiger partial charge in [-0.05, 0) is 12.8 Å². The highest BCUT2D eigenvalue weighted by atomic mass is 19.3. The molecule has 0 aromatic rings. The van der Waals surface area contributed by atoms with Crippen molar-refractivity contribution in [1.29, 1.82) is 0 Å². The number of carbonyl (C=O) groups is 1. The summed E-state index contributed by atoms with van der Waals surface area (Å²) in [6.07, 6.45) is 0.0624. The van der Waals surface area contributed by atoms with E-state index in [1.807, 2.05) is 0 Å². The monoisotopic (exact) mass is 173 g/mol. The predicted molar refractivity (Wildman–Crippen MR) is 38.6 cm³/mol. The third-order valence-corrected chi connectivity index (χ3v) is 2.56. The van der Waals surface area contributed by atoms with Gasteiger partial charge in [-0.25, -0.2) is 0 Å². The molecule has 0 N–H and O–H groups in total. The van der Waals surface area contributed by atoms with Crippen molar-refractivity contribution in [2.45, 2.75) is 25.3 Å². The van der Waals surface area contributed by atoms with Crippen molar-refractivity contribution in [3.8, 4) is 0 Å². The number of halogens is 2. The smallest absolute Gasteiger partial charge is 0.271 e. The topological polar surface area (TPSA) is 20.3 Å². The maximum atomic E-state index is 12.1. The molecule has 1 atom stereocenters. The fraction of sp³-hybridized carbons (Fsp3) is 0.625. The lowest BCUT2D eigenvalue weighted by molar-refractivity contribution is -0.127. The quantitative estimate of drug-likeness (QED) is 0.544. The summed E-state index contributed by atoms with van der Waals surface area (Å²) in [6.45, 7) is 0.159. The molecule has 2 nitrogen and oxygen atoms in total. The van der Waals surface area contributed by atoms with Gasteiger partial charge in [-0.1, -0.05) is 0 Å². The van der Waals surface area contributed by atoms with Crippen LogP contribution in [0.1, 0.15) is 19.3 Å². The molecule has 0 spiro atoms. The summed E-state index contributed by atoms with van der Waals surface area (Å²) in [4.78, 5) is 12.6. The lowest BCUT2D eigenvalue weighted by Crippen LogP contribution is -2.26. The summed E-state index contributed by atoms with van der Waals surface area (Å²) in [5.74, 6) is 0.0243. The van der Waals surface area contributed by atoms with Gasteiger partial charge in [0.2, 0.25) is 5.91 Å². The number of hydrogen-bond acceptors (Lipinski definition) is 1. The van der Waals surface area contributed by atoms with Crippen LogP contribution in [0.25, 0.3) is 0 Å². The lowest BCUT2D eigenvalue weighted by Gasteiger charge is -2.12. The van der Waals surface area contributed by atoms with E-state index in [0.29, 0.717) is 12.8 Å². The van der Waals surface area contributed by atoms with Crippen molar-refractivity contribution in [2.75, 3.05) is 6.54 Å². The van der Waals surface area contributed by atoms with Crippen molar-refractivity contribution in [3.63, 3.8) is 0 Å². The van der Waals surface area contributed by atoms with Crippen molar-refractivity contribution in [2.24, 2.45) is 0 Å². The van der Waals surface area contributed by atoms with Crippen molar-refractivity contribution in [3.05, 3.63) is 11.7 Å². The Kier molecular flexibility index (Phi) is 1.63. The molecule has 2 heterocycles. The Hall–Kier alpha value is -0.930. The fourth-order valence-corrected chi connectivity index (χ4v) is 1.91. The number of amides is 1. The van der Waals surface area contributed by atoms with Crippen LogP contribution in [0.5, 0.6) is 0 Å². The average molecular weight is 173 g/mol. The first-order valence-corrected chi connectivity index (χ1v) is 4.01. The summed E-state index contributed by atoms with van der Waals surface area (Å²) in [5.41, 5.74) is 0.146. The molecule has 0 radical (unpaired) electrons. The molecule has 0 unspecified atom stereocenters. The molecule has 2 saturated heterocycles. The Morgan fingerprint density at radius 1 is 1.50 bits per heavy atom. The molecule has 2 rings (SSSR count). The van der Waals surface area contributed by atoms with E-state index in [2.05, 4.69) is 0 Å². The predicted octanol–water partition coefficient (Wildman–Crippen LogP) is 1.53. The Balaban J connectivity index is 2.18. The summed E-state index contributed by atoms with van der Waals surface area (Å²) < 4.78 is 24.2. The summed E-state index contributed by atoms with van der Waals surface area (Å²) >= 11 is 0. The van der Waals surface area contributed by atoms with E-state index >= 15 is 0 Å². The van der Waals surface area contributed by atoms with Crippen LogP contribution in [0.15, 0.2) is 11.7 Å². The second kappa shape index (κ2) is 2.54. The number of nitrogens with zero attached hydrogens (tertiary/aromatic N) is 1. The van der Waals surface area contributed by atoms with Gasteiger partial charge in [-0.15, -0.1) is 0 Å². The molecule has 0 aromatic carbocycles. The minimum atomic E-state index is -1.60. The zero-order chi connectivity index (χ0) is 8.72. The molecule has 4 heteroatoms. The molecule has 2 aliphatic rings. The zero-order valence-electron chi connectivity index (χ0n) is 6.52. The summed E-state index contributed by atoms with van der Waals surface area (Å²) in [7, 11) is 0. The van der Waals surface area contributed by atoms with Gasteiger partial charge in [0.05, 0.1) is 0 Å².